The Morgan fingerprint density at radius 3 is 2.52 bits per heavy atom. The van der Waals surface area contributed by atoms with Crippen LogP contribution in [0.2, 0.25) is 0 Å². The molecule has 21 heavy (non-hydrogen) atoms. The third-order valence-corrected chi connectivity index (χ3v) is 3.94. The Morgan fingerprint density at radius 2 is 1.90 bits per heavy atom. The first-order valence-electron chi connectivity index (χ1n) is 6.77. The van der Waals surface area contributed by atoms with Crippen molar-refractivity contribution in [1.82, 2.24) is 4.90 Å². The summed E-state index contributed by atoms with van der Waals surface area (Å²) >= 11 is 9.28. The first-order chi connectivity index (χ1) is 10.1. The maximum absolute atomic E-state index is 12.7. The number of hydrogen-bond donors (Lipinski definition) is 0. The third-order valence-electron chi connectivity index (χ3n) is 3.28. The molecular formula is C17H17BrClNO. The molecule has 0 fully saturated rings. The van der Waals surface area contributed by atoms with Gasteiger partial charge in [0.15, 0.2) is 0 Å². The van der Waals surface area contributed by atoms with E-state index in [9.17, 15) is 4.79 Å². The molecular weight excluding hydrogens is 350 g/mol. The van der Waals surface area contributed by atoms with Crippen LogP contribution < -0.4 is 0 Å². The number of carbonyl (C=O) groups is 1. The largest absolute Gasteiger partial charge is 0.333 e. The number of hydrogen-bond acceptors (Lipinski definition) is 1. The van der Waals surface area contributed by atoms with Crippen molar-refractivity contribution >= 4 is 33.4 Å². The molecule has 0 aliphatic carbocycles. The molecule has 0 unspecified atom stereocenters. The summed E-state index contributed by atoms with van der Waals surface area (Å²) in [6, 6.07) is 15.7. The Labute approximate surface area is 138 Å². The van der Waals surface area contributed by atoms with Crippen molar-refractivity contribution in [2.24, 2.45) is 0 Å². The Kier molecular flexibility index (Phi) is 5.83. The van der Waals surface area contributed by atoms with Crippen molar-refractivity contribution in [3.05, 3.63) is 69.7 Å². The summed E-state index contributed by atoms with van der Waals surface area (Å²) in [6.07, 6.45) is 0. The molecule has 2 rings (SSSR count). The Hall–Kier alpha value is -1.32. The quantitative estimate of drug-likeness (QED) is 0.706. The number of halogens is 2. The van der Waals surface area contributed by atoms with Gasteiger partial charge in [-0.3, -0.25) is 4.79 Å². The van der Waals surface area contributed by atoms with Crippen molar-refractivity contribution in [2.45, 2.75) is 13.5 Å². The monoisotopic (exact) mass is 365 g/mol. The molecule has 4 heteroatoms. The molecule has 2 nitrogen and oxygen atoms in total. The number of aryl methyl sites for hydroxylation is 1. The number of carbonyl (C=O) groups excluding carboxylic acids is 1. The van der Waals surface area contributed by atoms with Gasteiger partial charge in [0.25, 0.3) is 5.91 Å². The first kappa shape index (κ1) is 16.1. The van der Waals surface area contributed by atoms with Gasteiger partial charge in [-0.05, 0) is 36.2 Å². The van der Waals surface area contributed by atoms with Gasteiger partial charge in [-0.25, -0.2) is 0 Å². The summed E-state index contributed by atoms with van der Waals surface area (Å²) in [4.78, 5) is 14.5. The van der Waals surface area contributed by atoms with Gasteiger partial charge in [-0.15, -0.1) is 11.6 Å². The van der Waals surface area contributed by atoms with Crippen LogP contribution in [0, 0.1) is 6.92 Å². The molecule has 2 aromatic rings. The molecule has 0 N–H and O–H groups in total. The van der Waals surface area contributed by atoms with Crippen molar-refractivity contribution in [1.29, 1.82) is 0 Å². The molecule has 1 amide bonds. The summed E-state index contributed by atoms with van der Waals surface area (Å²) in [6.45, 7) is 3.05. The van der Waals surface area contributed by atoms with Crippen molar-refractivity contribution < 1.29 is 4.79 Å². The second kappa shape index (κ2) is 7.62. The Morgan fingerprint density at radius 1 is 1.19 bits per heavy atom. The van der Waals surface area contributed by atoms with Gasteiger partial charge in [-0.2, -0.15) is 0 Å². The highest BCUT2D eigenvalue weighted by Crippen LogP contribution is 2.18. The van der Waals surface area contributed by atoms with Gasteiger partial charge in [0.1, 0.15) is 0 Å². The summed E-state index contributed by atoms with van der Waals surface area (Å²) < 4.78 is 0.975. The molecule has 0 atom stereocenters. The minimum absolute atomic E-state index is 0.0181. The van der Waals surface area contributed by atoms with E-state index in [1.165, 1.54) is 0 Å². The highest BCUT2D eigenvalue weighted by atomic mass is 79.9. The highest BCUT2D eigenvalue weighted by molar-refractivity contribution is 9.10. The Balaban J connectivity index is 2.23. The van der Waals surface area contributed by atoms with Gasteiger partial charge < -0.3 is 4.90 Å². The predicted molar refractivity (Wildman–Crippen MR) is 90.8 cm³/mol. The topological polar surface area (TPSA) is 20.3 Å². The van der Waals surface area contributed by atoms with Crippen LogP contribution in [0.15, 0.2) is 53.0 Å². The molecule has 0 radical (unpaired) electrons. The summed E-state index contributed by atoms with van der Waals surface area (Å²) in [5.41, 5.74) is 2.78. The maximum Gasteiger partial charge on any atom is 0.254 e. The van der Waals surface area contributed by atoms with Crippen LogP contribution in [0.4, 0.5) is 0 Å². The van der Waals surface area contributed by atoms with E-state index in [4.69, 9.17) is 11.6 Å². The standard InChI is InChI=1S/C17H17BrClNO/c1-13-11-15(18)7-8-16(13)17(21)20(10-9-19)12-14-5-3-2-4-6-14/h2-8,11H,9-10,12H2,1H3. The van der Waals surface area contributed by atoms with Gasteiger partial charge in [0, 0.05) is 29.0 Å². The Bertz CT molecular complexity index is 615. The van der Waals surface area contributed by atoms with Crippen molar-refractivity contribution in [3.8, 4) is 0 Å². The fraction of sp³-hybridized carbons (Fsp3) is 0.235. The van der Waals surface area contributed by atoms with Crippen LogP contribution >= 0.6 is 27.5 Å². The highest BCUT2D eigenvalue weighted by Gasteiger charge is 2.17. The van der Waals surface area contributed by atoms with Crippen molar-refractivity contribution in [2.75, 3.05) is 12.4 Å². The molecule has 0 spiro atoms. The van der Waals surface area contributed by atoms with Gasteiger partial charge in [0.2, 0.25) is 0 Å². The van der Waals surface area contributed by atoms with Gasteiger partial charge >= 0.3 is 0 Å². The molecule has 110 valence electrons. The number of amides is 1. The number of nitrogens with zero attached hydrogens (tertiary/aromatic N) is 1. The molecule has 0 aliphatic heterocycles. The smallest absolute Gasteiger partial charge is 0.254 e. The third kappa shape index (κ3) is 4.32. The summed E-state index contributed by atoms with van der Waals surface area (Å²) in [5, 5.41) is 0. The number of rotatable bonds is 5. The minimum Gasteiger partial charge on any atom is -0.333 e. The van der Waals surface area contributed by atoms with E-state index < -0.39 is 0 Å². The molecule has 2 aromatic carbocycles. The second-order valence-corrected chi connectivity index (χ2v) is 6.15. The van der Waals surface area contributed by atoms with E-state index in [1.807, 2.05) is 55.5 Å². The fourth-order valence-corrected chi connectivity index (χ4v) is 2.88. The number of benzene rings is 2. The van der Waals surface area contributed by atoms with Crippen LogP contribution in [0.1, 0.15) is 21.5 Å². The van der Waals surface area contributed by atoms with Crippen LogP contribution in [0.5, 0.6) is 0 Å². The van der Waals surface area contributed by atoms with Crippen molar-refractivity contribution in [3.63, 3.8) is 0 Å². The average Bonchev–Trinajstić information content (AvgIpc) is 2.47. The molecule has 0 saturated heterocycles. The van der Waals surface area contributed by atoms with E-state index >= 15 is 0 Å². The SMILES string of the molecule is Cc1cc(Br)ccc1C(=O)N(CCCl)Cc1ccccc1. The molecule has 0 heterocycles. The maximum atomic E-state index is 12.7. The lowest BCUT2D eigenvalue weighted by Crippen LogP contribution is -2.32. The molecule has 0 aliphatic rings. The van der Waals surface area contributed by atoms with Crippen LogP contribution in [0.3, 0.4) is 0 Å². The van der Waals surface area contributed by atoms with Gasteiger partial charge in [0.05, 0.1) is 0 Å². The van der Waals surface area contributed by atoms with E-state index in [2.05, 4.69) is 15.9 Å². The zero-order valence-corrected chi connectivity index (χ0v) is 14.2. The summed E-state index contributed by atoms with van der Waals surface area (Å²) in [7, 11) is 0. The lowest BCUT2D eigenvalue weighted by Gasteiger charge is -2.23. The van der Waals surface area contributed by atoms with Crippen LogP contribution in [-0.2, 0) is 6.54 Å². The first-order valence-corrected chi connectivity index (χ1v) is 8.10. The lowest BCUT2D eigenvalue weighted by atomic mass is 10.1. The van der Waals surface area contributed by atoms with E-state index in [0.717, 1.165) is 21.2 Å². The molecule has 0 bridgehead atoms. The molecule has 0 aromatic heterocycles. The minimum atomic E-state index is 0.0181. The van der Waals surface area contributed by atoms with E-state index in [1.54, 1.807) is 4.90 Å². The second-order valence-electron chi connectivity index (χ2n) is 4.86. The van der Waals surface area contributed by atoms with E-state index in [-0.39, 0.29) is 5.91 Å². The van der Waals surface area contributed by atoms with Crippen LogP contribution in [-0.4, -0.2) is 23.2 Å². The average molecular weight is 367 g/mol. The van der Waals surface area contributed by atoms with Crippen LogP contribution in [0.25, 0.3) is 0 Å². The fourth-order valence-electron chi connectivity index (χ4n) is 2.20. The zero-order chi connectivity index (χ0) is 15.2. The number of alkyl halides is 1. The zero-order valence-electron chi connectivity index (χ0n) is 11.9. The molecule has 0 saturated carbocycles. The predicted octanol–water partition coefficient (Wildman–Crippen LogP) is 4.64. The van der Waals surface area contributed by atoms with E-state index in [0.29, 0.717) is 19.0 Å². The van der Waals surface area contributed by atoms with Gasteiger partial charge in [-0.1, -0.05) is 46.3 Å². The lowest BCUT2D eigenvalue weighted by molar-refractivity contribution is 0.0753. The summed E-state index contributed by atoms with van der Waals surface area (Å²) in [5.74, 6) is 0.443. The normalized spacial score (nSPS) is 10.4.